The number of rotatable bonds is 2. The van der Waals surface area contributed by atoms with Crippen molar-refractivity contribution in [2.24, 2.45) is 9.98 Å². The number of hydrogen-bond acceptors (Lipinski definition) is 8. The lowest BCUT2D eigenvalue weighted by Gasteiger charge is -2.27. The average molecular weight is 351 g/mol. The Balaban J connectivity index is 1.39. The molecule has 0 fully saturated rings. The molecule has 2 aromatic rings. The van der Waals surface area contributed by atoms with Gasteiger partial charge in [-0.3, -0.25) is 4.79 Å². The van der Waals surface area contributed by atoms with Crippen LogP contribution in [0.1, 0.15) is 5.56 Å². The maximum Gasteiger partial charge on any atom is 0.252 e. The van der Waals surface area contributed by atoms with Crippen molar-refractivity contribution in [3.05, 3.63) is 36.2 Å². The molecule has 1 amide bonds. The highest BCUT2D eigenvalue weighted by Crippen LogP contribution is 2.42. The Hall–Kier alpha value is -2.94. The van der Waals surface area contributed by atoms with E-state index in [1.165, 1.54) is 6.34 Å². The smallest absolute Gasteiger partial charge is 0.252 e. The van der Waals surface area contributed by atoms with Gasteiger partial charge in [-0.05, 0) is 17.7 Å². The molecule has 2 unspecified atom stereocenters. The van der Waals surface area contributed by atoms with Crippen molar-refractivity contribution in [1.82, 2.24) is 20.2 Å². The van der Waals surface area contributed by atoms with Crippen molar-refractivity contribution < 1.29 is 4.79 Å². The summed E-state index contributed by atoms with van der Waals surface area (Å²) in [5.74, 6) is 0.689. The Morgan fingerprint density at radius 1 is 1.20 bits per heavy atom. The van der Waals surface area contributed by atoms with E-state index >= 15 is 0 Å². The van der Waals surface area contributed by atoms with Crippen LogP contribution in [-0.4, -0.2) is 45.7 Å². The van der Waals surface area contributed by atoms with E-state index in [1.807, 2.05) is 4.90 Å². The Morgan fingerprint density at radius 2 is 2.12 bits per heavy atom. The minimum atomic E-state index is -0.380. The van der Waals surface area contributed by atoms with Gasteiger partial charge in [0.05, 0.1) is 18.4 Å². The number of aromatic nitrogens is 2. The fourth-order valence-electron chi connectivity index (χ4n) is 3.08. The summed E-state index contributed by atoms with van der Waals surface area (Å²) >= 11 is 1.59. The number of carbonyl (C=O) groups excluding carboxylic acids is 1. The molecule has 4 heterocycles. The molecule has 25 heavy (non-hydrogen) atoms. The van der Waals surface area contributed by atoms with Crippen LogP contribution in [0.4, 0.5) is 11.5 Å². The van der Waals surface area contributed by atoms with Crippen LogP contribution in [0.2, 0.25) is 0 Å². The Morgan fingerprint density at radius 3 is 3.08 bits per heavy atom. The fourth-order valence-corrected chi connectivity index (χ4v) is 3.96. The van der Waals surface area contributed by atoms with E-state index in [0.717, 1.165) is 27.0 Å². The molecular formula is C16H13N7OS. The molecule has 124 valence electrons. The van der Waals surface area contributed by atoms with Gasteiger partial charge >= 0.3 is 0 Å². The summed E-state index contributed by atoms with van der Waals surface area (Å²) in [6.45, 7) is 0.584. The zero-order valence-electron chi connectivity index (χ0n) is 13.0. The molecule has 3 aliphatic heterocycles. The molecule has 0 radical (unpaired) electrons. The van der Waals surface area contributed by atoms with E-state index in [9.17, 15) is 4.79 Å². The lowest BCUT2D eigenvalue weighted by molar-refractivity contribution is -0.124. The Labute approximate surface area is 147 Å². The second-order valence-corrected chi connectivity index (χ2v) is 6.88. The van der Waals surface area contributed by atoms with E-state index in [0.29, 0.717) is 6.54 Å². The molecule has 1 aromatic heterocycles. The molecule has 1 aromatic carbocycles. The van der Waals surface area contributed by atoms with Gasteiger partial charge in [0.15, 0.2) is 18.0 Å². The molecule has 8 nitrogen and oxygen atoms in total. The monoisotopic (exact) mass is 351 g/mol. The summed E-state index contributed by atoms with van der Waals surface area (Å²) in [5, 5.41) is 6.84. The van der Waals surface area contributed by atoms with Gasteiger partial charge in [0, 0.05) is 23.8 Å². The first-order chi connectivity index (χ1) is 12.3. The van der Waals surface area contributed by atoms with Crippen molar-refractivity contribution in [2.75, 3.05) is 5.32 Å². The molecule has 0 spiro atoms. The van der Waals surface area contributed by atoms with Crippen LogP contribution in [0.5, 0.6) is 0 Å². The number of aliphatic imine (C=N–C) groups is 2. The third-order valence-electron chi connectivity index (χ3n) is 4.24. The second kappa shape index (κ2) is 5.55. The van der Waals surface area contributed by atoms with Crippen molar-refractivity contribution in [1.29, 1.82) is 0 Å². The molecule has 0 bridgehead atoms. The minimum Gasteiger partial charge on any atom is -0.343 e. The SMILES string of the molecule is O=C1NC=NC2N=CN(Cc3ccc4c(c3)Nc3nccnc3S4)C12. The number of hydrogen-bond donors (Lipinski definition) is 2. The molecule has 5 rings (SSSR count). The van der Waals surface area contributed by atoms with Crippen molar-refractivity contribution >= 4 is 41.9 Å². The second-order valence-electron chi connectivity index (χ2n) is 5.85. The lowest BCUT2D eigenvalue weighted by Crippen LogP contribution is -2.50. The highest BCUT2D eigenvalue weighted by atomic mass is 32.2. The predicted molar refractivity (Wildman–Crippen MR) is 94.1 cm³/mol. The van der Waals surface area contributed by atoms with E-state index < -0.39 is 0 Å². The minimum absolute atomic E-state index is 0.0756. The molecule has 3 aliphatic rings. The van der Waals surface area contributed by atoms with Gasteiger partial charge in [0.1, 0.15) is 5.03 Å². The predicted octanol–water partition coefficient (Wildman–Crippen LogP) is 1.38. The highest BCUT2D eigenvalue weighted by molar-refractivity contribution is 7.99. The summed E-state index contributed by atoms with van der Waals surface area (Å²) in [5.41, 5.74) is 2.07. The van der Waals surface area contributed by atoms with E-state index in [1.54, 1.807) is 30.5 Å². The zero-order chi connectivity index (χ0) is 16.8. The number of amides is 1. The third kappa shape index (κ3) is 2.43. The molecular weight excluding hydrogens is 338 g/mol. The highest BCUT2D eigenvalue weighted by Gasteiger charge is 2.38. The van der Waals surface area contributed by atoms with Gasteiger partial charge in [-0.2, -0.15) is 0 Å². The van der Waals surface area contributed by atoms with Gasteiger partial charge in [0.2, 0.25) is 0 Å². The third-order valence-corrected chi connectivity index (χ3v) is 5.31. The molecule has 2 N–H and O–H groups in total. The number of nitrogens with zero attached hydrogens (tertiary/aromatic N) is 5. The Kier molecular flexibility index (Phi) is 3.20. The maximum atomic E-state index is 12.1. The summed E-state index contributed by atoms with van der Waals surface area (Å²) in [7, 11) is 0. The number of carbonyl (C=O) groups is 1. The summed E-state index contributed by atoms with van der Waals surface area (Å²) in [6, 6.07) is 5.81. The van der Waals surface area contributed by atoms with Crippen molar-refractivity contribution in [3.63, 3.8) is 0 Å². The van der Waals surface area contributed by atoms with Crippen molar-refractivity contribution in [3.8, 4) is 0 Å². The number of nitrogens with one attached hydrogen (secondary N) is 2. The molecule has 0 saturated heterocycles. The fraction of sp³-hybridized carbons (Fsp3) is 0.188. The number of anilines is 2. The summed E-state index contributed by atoms with van der Waals surface area (Å²) in [4.78, 5) is 32.3. The molecule has 0 aliphatic carbocycles. The van der Waals surface area contributed by atoms with Crippen LogP contribution < -0.4 is 10.6 Å². The van der Waals surface area contributed by atoms with Gasteiger partial charge in [-0.15, -0.1) is 0 Å². The molecule has 9 heteroatoms. The first-order valence-electron chi connectivity index (χ1n) is 7.78. The van der Waals surface area contributed by atoms with Crippen LogP contribution in [0.15, 0.2) is 50.5 Å². The van der Waals surface area contributed by atoms with Crippen LogP contribution in [-0.2, 0) is 11.3 Å². The largest absolute Gasteiger partial charge is 0.343 e. The zero-order valence-corrected chi connectivity index (χ0v) is 13.8. The van der Waals surface area contributed by atoms with Gasteiger partial charge < -0.3 is 15.5 Å². The Bertz CT molecular complexity index is 928. The van der Waals surface area contributed by atoms with E-state index in [-0.39, 0.29) is 18.1 Å². The number of fused-ring (bicyclic) bond motifs is 3. The summed E-state index contributed by atoms with van der Waals surface area (Å²) < 4.78 is 0. The quantitative estimate of drug-likeness (QED) is 0.724. The normalized spacial score (nSPS) is 22.7. The van der Waals surface area contributed by atoms with Crippen LogP contribution in [0, 0.1) is 0 Å². The first-order valence-corrected chi connectivity index (χ1v) is 8.59. The standard InChI is InChI=1S/C16H13N7OS/c24-15-12-13(19-7-20-15)21-8-23(12)6-9-1-2-11-10(5-9)22-14-16(25-11)18-4-3-17-14/h1-5,7-8,12-13H,6H2,(H,17,22)(H,19,20,24). The van der Waals surface area contributed by atoms with Crippen molar-refractivity contribution in [2.45, 2.75) is 28.7 Å². The topological polar surface area (TPSA) is 94.9 Å². The van der Waals surface area contributed by atoms with Gasteiger partial charge in [-0.25, -0.2) is 20.0 Å². The molecule has 0 saturated carbocycles. The number of benzene rings is 1. The van der Waals surface area contributed by atoms with Crippen LogP contribution in [0.25, 0.3) is 0 Å². The van der Waals surface area contributed by atoms with Gasteiger partial charge in [-0.1, -0.05) is 17.8 Å². The van der Waals surface area contributed by atoms with E-state index in [2.05, 4.69) is 48.8 Å². The molecule has 2 atom stereocenters. The first kappa shape index (κ1) is 14.4. The maximum absolute atomic E-state index is 12.1. The van der Waals surface area contributed by atoms with Crippen LogP contribution in [0.3, 0.4) is 0 Å². The lowest BCUT2D eigenvalue weighted by atomic mass is 10.1. The average Bonchev–Trinajstić information content (AvgIpc) is 3.04. The summed E-state index contributed by atoms with van der Waals surface area (Å²) in [6.07, 6.45) is 6.14. The van der Waals surface area contributed by atoms with Gasteiger partial charge in [0.25, 0.3) is 5.91 Å². The van der Waals surface area contributed by atoms with E-state index in [4.69, 9.17) is 0 Å². The van der Waals surface area contributed by atoms with Crippen LogP contribution >= 0.6 is 11.8 Å².